The number of hydrogen-bond acceptors (Lipinski definition) is 5. The summed E-state index contributed by atoms with van der Waals surface area (Å²) in [4.78, 5) is 18.7. The number of hydrogen-bond donors (Lipinski definition) is 0. The Bertz CT molecular complexity index is 942. The summed E-state index contributed by atoms with van der Waals surface area (Å²) in [5.41, 5.74) is 1.24. The smallest absolute Gasteiger partial charge is 0.254 e. The lowest BCUT2D eigenvalue weighted by molar-refractivity contribution is 0.0734. The molecular weight excluding hydrogens is 389 g/mol. The predicted octanol–water partition coefficient (Wildman–Crippen LogP) is 4.71. The molecule has 0 aliphatic rings. The maximum Gasteiger partial charge on any atom is 0.254 e. The monoisotopic (exact) mass is 405 g/mol. The molecule has 3 rings (SSSR count). The number of methoxy groups -OCH3 is 1. The van der Waals surface area contributed by atoms with Crippen LogP contribution in [-0.2, 0) is 6.54 Å². The van der Waals surface area contributed by atoms with E-state index in [-0.39, 0.29) is 12.5 Å². The van der Waals surface area contributed by atoms with E-state index >= 15 is 0 Å². The second kappa shape index (κ2) is 8.41. The van der Waals surface area contributed by atoms with Crippen molar-refractivity contribution in [3.8, 4) is 17.1 Å². The second-order valence-electron chi connectivity index (χ2n) is 5.69. The summed E-state index contributed by atoms with van der Waals surface area (Å²) in [5.74, 6) is 1.34. The number of nitrogens with zero attached hydrogens (tertiary/aromatic N) is 3. The zero-order chi connectivity index (χ0) is 19.4. The van der Waals surface area contributed by atoms with Gasteiger partial charge >= 0.3 is 0 Å². The maximum absolute atomic E-state index is 12.7. The summed E-state index contributed by atoms with van der Waals surface area (Å²) >= 11 is 11.9. The van der Waals surface area contributed by atoms with E-state index in [2.05, 4.69) is 10.1 Å². The molecule has 1 amide bonds. The highest BCUT2D eigenvalue weighted by Gasteiger charge is 2.19. The number of ether oxygens (including phenoxy) is 1. The van der Waals surface area contributed by atoms with Crippen molar-refractivity contribution in [3.05, 3.63) is 64.0 Å². The molecule has 0 saturated heterocycles. The molecule has 0 saturated carbocycles. The lowest BCUT2D eigenvalue weighted by Gasteiger charge is -2.19. The summed E-state index contributed by atoms with van der Waals surface area (Å²) in [6.07, 6.45) is 0. The Hall–Kier alpha value is -2.57. The average Bonchev–Trinajstić information content (AvgIpc) is 3.16. The van der Waals surface area contributed by atoms with Gasteiger partial charge in [0.05, 0.1) is 17.2 Å². The Morgan fingerprint density at radius 3 is 2.52 bits per heavy atom. The van der Waals surface area contributed by atoms with Gasteiger partial charge in [0.2, 0.25) is 11.7 Å². The predicted molar refractivity (Wildman–Crippen MR) is 103 cm³/mol. The third-order valence-corrected chi connectivity index (χ3v) is 4.72. The van der Waals surface area contributed by atoms with Crippen molar-refractivity contribution in [1.29, 1.82) is 0 Å². The van der Waals surface area contributed by atoms with E-state index in [1.807, 2.05) is 31.2 Å². The normalized spacial score (nSPS) is 10.7. The van der Waals surface area contributed by atoms with E-state index in [0.717, 1.165) is 11.3 Å². The van der Waals surface area contributed by atoms with Gasteiger partial charge in [-0.25, -0.2) is 0 Å². The lowest BCUT2D eigenvalue weighted by Crippen LogP contribution is -2.30. The molecule has 0 radical (unpaired) electrons. The first kappa shape index (κ1) is 19.2. The number of amides is 1. The Kier molecular flexibility index (Phi) is 5.98. The SMILES string of the molecule is CCN(Cc1nc(-c2ccc(OC)cc2)no1)C(=O)c1ccc(Cl)c(Cl)c1. The third kappa shape index (κ3) is 4.40. The molecule has 0 aliphatic carbocycles. The molecule has 8 heteroatoms. The average molecular weight is 406 g/mol. The van der Waals surface area contributed by atoms with E-state index in [0.29, 0.717) is 33.9 Å². The quantitative estimate of drug-likeness (QED) is 0.593. The number of carbonyl (C=O) groups is 1. The van der Waals surface area contributed by atoms with Crippen LogP contribution in [0, 0.1) is 0 Å². The first-order chi connectivity index (χ1) is 13.0. The molecule has 0 fully saturated rings. The number of halogens is 2. The van der Waals surface area contributed by atoms with E-state index in [4.69, 9.17) is 32.5 Å². The molecule has 0 bridgehead atoms. The summed E-state index contributed by atoms with van der Waals surface area (Å²) in [6, 6.07) is 12.1. The van der Waals surface area contributed by atoms with Crippen LogP contribution in [0.1, 0.15) is 23.2 Å². The van der Waals surface area contributed by atoms with Gasteiger partial charge in [-0.2, -0.15) is 4.98 Å². The molecule has 0 atom stereocenters. The molecule has 3 aromatic rings. The van der Waals surface area contributed by atoms with Crippen molar-refractivity contribution in [2.75, 3.05) is 13.7 Å². The van der Waals surface area contributed by atoms with Crippen LogP contribution in [0.25, 0.3) is 11.4 Å². The van der Waals surface area contributed by atoms with E-state index in [9.17, 15) is 4.79 Å². The van der Waals surface area contributed by atoms with Gasteiger partial charge in [0.1, 0.15) is 12.3 Å². The number of carbonyl (C=O) groups excluding carboxylic acids is 1. The molecule has 0 N–H and O–H groups in total. The highest BCUT2D eigenvalue weighted by molar-refractivity contribution is 6.42. The highest BCUT2D eigenvalue weighted by atomic mass is 35.5. The van der Waals surface area contributed by atoms with Crippen LogP contribution in [0.15, 0.2) is 47.0 Å². The van der Waals surface area contributed by atoms with E-state index in [1.165, 1.54) is 0 Å². The van der Waals surface area contributed by atoms with Crippen LogP contribution in [0.5, 0.6) is 5.75 Å². The van der Waals surface area contributed by atoms with Crippen molar-refractivity contribution in [1.82, 2.24) is 15.0 Å². The van der Waals surface area contributed by atoms with E-state index in [1.54, 1.807) is 30.2 Å². The Morgan fingerprint density at radius 1 is 1.15 bits per heavy atom. The Labute approximate surface area is 166 Å². The lowest BCUT2D eigenvalue weighted by atomic mass is 10.2. The fourth-order valence-electron chi connectivity index (χ4n) is 2.48. The van der Waals surface area contributed by atoms with Crippen LogP contribution in [0.2, 0.25) is 10.0 Å². The second-order valence-corrected chi connectivity index (χ2v) is 6.50. The van der Waals surface area contributed by atoms with Gasteiger partial charge in [0.15, 0.2) is 0 Å². The number of aromatic nitrogens is 2. The topological polar surface area (TPSA) is 68.5 Å². The Morgan fingerprint density at radius 2 is 1.89 bits per heavy atom. The van der Waals surface area contributed by atoms with Gasteiger partial charge < -0.3 is 14.2 Å². The van der Waals surface area contributed by atoms with Crippen LogP contribution in [0.4, 0.5) is 0 Å². The first-order valence-electron chi connectivity index (χ1n) is 8.23. The Balaban J connectivity index is 1.75. The maximum atomic E-state index is 12.7. The van der Waals surface area contributed by atoms with Gasteiger partial charge in [-0.15, -0.1) is 0 Å². The van der Waals surface area contributed by atoms with Crippen molar-refractivity contribution < 1.29 is 14.1 Å². The molecular formula is C19H17Cl2N3O3. The van der Waals surface area contributed by atoms with Gasteiger partial charge in [-0.1, -0.05) is 28.4 Å². The molecule has 140 valence electrons. The van der Waals surface area contributed by atoms with Gasteiger partial charge in [-0.3, -0.25) is 4.79 Å². The standard InChI is InChI=1S/C19H17Cl2N3O3/c1-3-24(19(25)13-6-9-15(20)16(21)10-13)11-17-22-18(23-27-17)12-4-7-14(26-2)8-5-12/h4-10H,3,11H2,1-2H3. The molecule has 0 spiro atoms. The van der Waals surface area contributed by atoms with Gasteiger partial charge in [-0.05, 0) is 49.4 Å². The van der Waals surface area contributed by atoms with Crippen molar-refractivity contribution in [2.24, 2.45) is 0 Å². The highest BCUT2D eigenvalue weighted by Crippen LogP contribution is 2.24. The number of benzene rings is 2. The first-order valence-corrected chi connectivity index (χ1v) is 8.98. The van der Waals surface area contributed by atoms with E-state index < -0.39 is 0 Å². The van der Waals surface area contributed by atoms with Crippen LogP contribution < -0.4 is 4.74 Å². The van der Waals surface area contributed by atoms with Crippen molar-refractivity contribution >= 4 is 29.1 Å². The molecule has 27 heavy (non-hydrogen) atoms. The van der Waals surface area contributed by atoms with Crippen LogP contribution in [0.3, 0.4) is 0 Å². The molecule has 0 unspecified atom stereocenters. The van der Waals surface area contributed by atoms with Crippen molar-refractivity contribution in [2.45, 2.75) is 13.5 Å². The minimum atomic E-state index is -0.194. The summed E-state index contributed by atoms with van der Waals surface area (Å²) in [7, 11) is 1.60. The summed E-state index contributed by atoms with van der Waals surface area (Å²) < 4.78 is 10.4. The molecule has 6 nitrogen and oxygen atoms in total. The summed E-state index contributed by atoms with van der Waals surface area (Å²) in [6.45, 7) is 2.54. The van der Waals surface area contributed by atoms with Gasteiger partial charge in [0.25, 0.3) is 5.91 Å². The molecule has 0 aliphatic heterocycles. The molecule has 2 aromatic carbocycles. The van der Waals surface area contributed by atoms with Gasteiger partial charge in [0, 0.05) is 17.7 Å². The van der Waals surface area contributed by atoms with Crippen LogP contribution >= 0.6 is 23.2 Å². The fraction of sp³-hybridized carbons (Fsp3) is 0.211. The third-order valence-electron chi connectivity index (χ3n) is 3.98. The van der Waals surface area contributed by atoms with Crippen molar-refractivity contribution in [3.63, 3.8) is 0 Å². The molecule has 1 aromatic heterocycles. The minimum Gasteiger partial charge on any atom is -0.497 e. The molecule has 1 heterocycles. The fourth-order valence-corrected chi connectivity index (χ4v) is 2.78. The van der Waals surface area contributed by atoms with Crippen LogP contribution in [-0.4, -0.2) is 34.6 Å². The minimum absolute atomic E-state index is 0.193. The zero-order valence-corrected chi connectivity index (χ0v) is 16.3. The number of rotatable bonds is 6. The largest absolute Gasteiger partial charge is 0.497 e. The summed E-state index contributed by atoms with van der Waals surface area (Å²) in [5, 5.41) is 4.72. The zero-order valence-electron chi connectivity index (χ0n) is 14.8.